The summed E-state index contributed by atoms with van der Waals surface area (Å²) >= 11 is 0. The third-order valence-electron chi connectivity index (χ3n) is 2.77. The molecule has 1 rings (SSSR count). The van der Waals surface area contributed by atoms with Crippen LogP contribution in [0.15, 0.2) is 0 Å². The maximum absolute atomic E-state index is 11.5. The second-order valence-electron chi connectivity index (χ2n) is 4.07. The van der Waals surface area contributed by atoms with Gasteiger partial charge >= 0.3 is 6.09 Å². The van der Waals surface area contributed by atoms with Crippen molar-refractivity contribution in [1.29, 1.82) is 0 Å². The number of rotatable bonds is 6. The molecule has 0 aromatic carbocycles. The Balaban J connectivity index is 2.23. The van der Waals surface area contributed by atoms with Crippen LogP contribution in [0.2, 0.25) is 0 Å². The number of hydrogen-bond donors (Lipinski definition) is 1. The van der Waals surface area contributed by atoms with Gasteiger partial charge in [-0.2, -0.15) is 0 Å². The fourth-order valence-electron chi connectivity index (χ4n) is 1.81. The van der Waals surface area contributed by atoms with Crippen molar-refractivity contribution >= 4 is 6.09 Å². The zero-order valence-electron chi connectivity index (χ0n) is 9.58. The van der Waals surface area contributed by atoms with Gasteiger partial charge in [-0.15, -0.1) is 0 Å². The van der Waals surface area contributed by atoms with E-state index in [4.69, 9.17) is 10.5 Å². The lowest BCUT2D eigenvalue weighted by molar-refractivity contribution is 0.0222. The van der Waals surface area contributed by atoms with E-state index in [1.54, 1.807) is 0 Å². The highest BCUT2D eigenvalue weighted by Crippen LogP contribution is 2.14. The average Bonchev–Trinajstić information content (AvgIpc) is 2.22. The number of nitrogens with two attached hydrogens (primary N) is 1. The molecule has 1 atom stereocenters. The summed E-state index contributed by atoms with van der Waals surface area (Å²) in [5.74, 6) is 0. The van der Waals surface area contributed by atoms with Crippen molar-refractivity contribution in [2.75, 3.05) is 19.6 Å². The third kappa shape index (κ3) is 4.08. The summed E-state index contributed by atoms with van der Waals surface area (Å²) in [6.07, 6.45) is 5.03. The topological polar surface area (TPSA) is 55.6 Å². The highest BCUT2D eigenvalue weighted by Gasteiger charge is 2.25. The van der Waals surface area contributed by atoms with Crippen LogP contribution in [0.5, 0.6) is 0 Å². The first kappa shape index (κ1) is 12.3. The van der Waals surface area contributed by atoms with Crippen LogP contribution in [-0.2, 0) is 4.74 Å². The highest BCUT2D eigenvalue weighted by molar-refractivity contribution is 5.68. The molecule has 0 aromatic rings. The van der Waals surface area contributed by atoms with E-state index in [9.17, 15) is 4.79 Å². The molecule has 0 radical (unpaired) electrons. The van der Waals surface area contributed by atoms with Crippen LogP contribution < -0.4 is 5.73 Å². The third-order valence-corrected chi connectivity index (χ3v) is 2.77. The minimum absolute atomic E-state index is 0.0462. The summed E-state index contributed by atoms with van der Waals surface area (Å²) in [6, 6.07) is 0. The number of nitrogens with zero attached hydrogens (tertiary/aromatic N) is 1. The Kier molecular flexibility index (Phi) is 5.47. The number of unbranched alkanes of at least 4 members (excludes halogenated alkanes) is 2. The van der Waals surface area contributed by atoms with Gasteiger partial charge in [-0.1, -0.05) is 19.8 Å². The quantitative estimate of drug-likeness (QED) is 0.685. The van der Waals surface area contributed by atoms with Crippen LogP contribution in [0.1, 0.15) is 39.0 Å². The first-order valence-corrected chi connectivity index (χ1v) is 5.93. The smallest absolute Gasteiger partial charge is 0.410 e. The predicted molar refractivity (Wildman–Crippen MR) is 59.7 cm³/mol. The van der Waals surface area contributed by atoms with Crippen molar-refractivity contribution < 1.29 is 9.53 Å². The van der Waals surface area contributed by atoms with Crippen LogP contribution in [0.25, 0.3) is 0 Å². The second kappa shape index (κ2) is 6.67. The van der Waals surface area contributed by atoms with Gasteiger partial charge in [0.05, 0.1) is 0 Å². The first-order valence-electron chi connectivity index (χ1n) is 5.93. The van der Waals surface area contributed by atoms with E-state index in [0.29, 0.717) is 6.54 Å². The fourth-order valence-corrected chi connectivity index (χ4v) is 1.81. The molecule has 1 amide bonds. The largest absolute Gasteiger partial charge is 0.446 e. The molecule has 1 unspecified atom stereocenters. The fraction of sp³-hybridized carbons (Fsp3) is 0.909. The van der Waals surface area contributed by atoms with E-state index in [-0.39, 0.29) is 12.2 Å². The van der Waals surface area contributed by atoms with Gasteiger partial charge in [0.1, 0.15) is 6.10 Å². The van der Waals surface area contributed by atoms with E-state index in [2.05, 4.69) is 6.92 Å². The molecule has 0 spiro atoms. The summed E-state index contributed by atoms with van der Waals surface area (Å²) in [4.78, 5) is 13.3. The van der Waals surface area contributed by atoms with Crippen molar-refractivity contribution in [3.63, 3.8) is 0 Å². The molecule has 2 N–H and O–H groups in total. The molecule has 1 aliphatic heterocycles. The van der Waals surface area contributed by atoms with Crippen LogP contribution >= 0.6 is 0 Å². The number of hydrogen-bond acceptors (Lipinski definition) is 3. The number of carbonyl (C=O) groups excluding carboxylic acids is 1. The average molecular weight is 214 g/mol. The number of amides is 1. The minimum Gasteiger partial charge on any atom is -0.446 e. The van der Waals surface area contributed by atoms with Gasteiger partial charge in [-0.05, 0) is 19.4 Å². The monoisotopic (exact) mass is 214 g/mol. The molecule has 15 heavy (non-hydrogen) atoms. The van der Waals surface area contributed by atoms with Gasteiger partial charge in [-0.3, -0.25) is 0 Å². The molecule has 1 heterocycles. The number of cyclic esters (lactones) is 1. The molecule has 4 nitrogen and oxygen atoms in total. The normalized spacial score (nSPS) is 21.6. The lowest BCUT2D eigenvalue weighted by atomic mass is 10.1. The lowest BCUT2D eigenvalue weighted by Gasteiger charge is -2.31. The van der Waals surface area contributed by atoms with Gasteiger partial charge in [0.15, 0.2) is 0 Å². The Bertz CT molecular complexity index is 197. The van der Waals surface area contributed by atoms with Gasteiger partial charge in [-0.25, -0.2) is 4.79 Å². The van der Waals surface area contributed by atoms with Gasteiger partial charge in [0.2, 0.25) is 0 Å². The maximum atomic E-state index is 11.5. The second-order valence-corrected chi connectivity index (χ2v) is 4.07. The Labute approximate surface area is 91.8 Å². The van der Waals surface area contributed by atoms with Crippen molar-refractivity contribution in [3.05, 3.63) is 0 Å². The molecular formula is C11H22N2O2. The van der Waals surface area contributed by atoms with Crippen LogP contribution in [0, 0.1) is 0 Å². The Morgan fingerprint density at radius 2 is 2.33 bits per heavy atom. The summed E-state index contributed by atoms with van der Waals surface area (Å²) in [6.45, 7) is 4.41. The summed E-state index contributed by atoms with van der Waals surface area (Å²) in [5, 5.41) is 0. The molecule has 4 heteroatoms. The number of ether oxygens (including phenoxy) is 1. The molecule has 0 aromatic heterocycles. The summed E-state index contributed by atoms with van der Waals surface area (Å²) in [7, 11) is 0. The van der Waals surface area contributed by atoms with E-state index in [1.165, 1.54) is 12.8 Å². The minimum atomic E-state index is -0.157. The van der Waals surface area contributed by atoms with Crippen LogP contribution in [0.4, 0.5) is 4.79 Å². The SMILES string of the molecule is CCCCCN1CCC(CCN)OC1=O. The predicted octanol–water partition coefficient (Wildman–Crippen LogP) is 1.74. The molecule has 0 aliphatic carbocycles. The van der Waals surface area contributed by atoms with Gasteiger partial charge in [0.25, 0.3) is 0 Å². The van der Waals surface area contributed by atoms with E-state index < -0.39 is 0 Å². The van der Waals surface area contributed by atoms with Crippen molar-refractivity contribution in [2.24, 2.45) is 5.73 Å². The zero-order valence-corrected chi connectivity index (χ0v) is 9.58. The molecular weight excluding hydrogens is 192 g/mol. The molecule has 1 aliphatic rings. The molecule has 1 fully saturated rings. The Morgan fingerprint density at radius 1 is 1.53 bits per heavy atom. The Morgan fingerprint density at radius 3 is 2.93 bits per heavy atom. The number of carbonyl (C=O) groups is 1. The molecule has 88 valence electrons. The molecule has 0 bridgehead atoms. The van der Waals surface area contributed by atoms with Gasteiger partial charge < -0.3 is 15.4 Å². The molecule has 1 saturated heterocycles. The van der Waals surface area contributed by atoms with Crippen molar-refractivity contribution in [3.8, 4) is 0 Å². The van der Waals surface area contributed by atoms with E-state index in [1.807, 2.05) is 4.90 Å². The van der Waals surface area contributed by atoms with Crippen molar-refractivity contribution in [1.82, 2.24) is 4.90 Å². The summed E-state index contributed by atoms with van der Waals surface area (Å²) in [5.41, 5.74) is 5.43. The van der Waals surface area contributed by atoms with Gasteiger partial charge in [0, 0.05) is 19.5 Å². The van der Waals surface area contributed by atoms with Crippen molar-refractivity contribution in [2.45, 2.75) is 45.1 Å². The molecule has 0 saturated carbocycles. The lowest BCUT2D eigenvalue weighted by Crippen LogP contribution is -2.42. The first-order chi connectivity index (χ1) is 7.27. The highest BCUT2D eigenvalue weighted by atomic mass is 16.6. The maximum Gasteiger partial charge on any atom is 0.410 e. The van der Waals surface area contributed by atoms with Crippen LogP contribution in [0.3, 0.4) is 0 Å². The Hall–Kier alpha value is -0.770. The van der Waals surface area contributed by atoms with Crippen LogP contribution in [-0.4, -0.2) is 36.7 Å². The summed E-state index contributed by atoms with van der Waals surface area (Å²) < 4.78 is 5.28. The van der Waals surface area contributed by atoms with E-state index >= 15 is 0 Å². The van der Waals surface area contributed by atoms with E-state index in [0.717, 1.165) is 32.4 Å². The zero-order chi connectivity index (χ0) is 11.1. The standard InChI is InChI=1S/C11H22N2O2/c1-2-3-4-8-13-9-6-10(5-7-12)15-11(13)14/h10H,2-9,12H2,1H3.